The van der Waals surface area contributed by atoms with Crippen LogP contribution >= 0.6 is 0 Å². The molecule has 0 radical (unpaired) electrons. The van der Waals surface area contributed by atoms with Crippen LogP contribution in [0.3, 0.4) is 0 Å². The Kier molecular flexibility index (Phi) is 7.03. The quantitative estimate of drug-likeness (QED) is 0.643. The van der Waals surface area contributed by atoms with E-state index < -0.39 is 25.6 Å². The van der Waals surface area contributed by atoms with Crippen LogP contribution in [0.4, 0.5) is 0 Å². The molecular formula is C14H21NO7S2. The molecule has 24 heavy (non-hydrogen) atoms. The summed E-state index contributed by atoms with van der Waals surface area (Å²) in [6, 6.07) is 4.22. The molecule has 136 valence electrons. The van der Waals surface area contributed by atoms with E-state index >= 15 is 0 Å². The van der Waals surface area contributed by atoms with Gasteiger partial charge in [-0.3, -0.25) is 4.79 Å². The van der Waals surface area contributed by atoms with Gasteiger partial charge in [0.1, 0.15) is 9.84 Å². The minimum absolute atomic E-state index is 0.0468. The molecule has 0 aromatic heterocycles. The first-order valence-corrected chi connectivity index (χ1v) is 10.7. The molecule has 0 aliphatic carbocycles. The number of ether oxygens (including phenoxy) is 2. The molecule has 0 atom stereocenters. The van der Waals surface area contributed by atoms with Gasteiger partial charge in [0.15, 0.2) is 21.3 Å². The van der Waals surface area contributed by atoms with Crippen LogP contribution in [-0.4, -0.2) is 61.3 Å². The van der Waals surface area contributed by atoms with Gasteiger partial charge < -0.3 is 14.8 Å². The van der Waals surface area contributed by atoms with Crippen LogP contribution in [0, 0.1) is 0 Å². The van der Waals surface area contributed by atoms with Crippen LogP contribution in [0.5, 0.6) is 11.5 Å². The predicted molar refractivity (Wildman–Crippen MR) is 88.9 cm³/mol. The van der Waals surface area contributed by atoms with Crippen molar-refractivity contribution < 1.29 is 31.1 Å². The lowest BCUT2D eigenvalue weighted by Gasteiger charge is -2.10. The molecule has 1 aromatic rings. The van der Waals surface area contributed by atoms with Crippen molar-refractivity contribution in [2.45, 2.75) is 11.3 Å². The first-order chi connectivity index (χ1) is 11.1. The number of amides is 1. The molecule has 8 nitrogen and oxygen atoms in total. The highest BCUT2D eigenvalue weighted by molar-refractivity contribution is 7.91. The third-order valence-corrected chi connectivity index (χ3v) is 5.77. The van der Waals surface area contributed by atoms with Gasteiger partial charge >= 0.3 is 0 Å². The smallest absolute Gasteiger partial charge is 0.221 e. The highest BCUT2D eigenvalue weighted by Gasteiger charge is 2.17. The van der Waals surface area contributed by atoms with Crippen LogP contribution in [0.1, 0.15) is 6.42 Å². The topological polar surface area (TPSA) is 116 Å². The second-order valence-corrected chi connectivity index (χ2v) is 9.43. The summed E-state index contributed by atoms with van der Waals surface area (Å²) >= 11 is 0. The van der Waals surface area contributed by atoms with Gasteiger partial charge in [-0.1, -0.05) is 0 Å². The minimum atomic E-state index is -3.63. The fourth-order valence-corrected chi connectivity index (χ4v) is 3.54. The zero-order valence-electron chi connectivity index (χ0n) is 13.7. The average Bonchev–Trinajstić information content (AvgIpc) is 2.51. The molecule has 1 rings (SSSR count). The van der Waals surface area contributed by atoms with Gasteiger partial charge in [-0.05, 0) is 12.1 Å². The third kappa shape index (κ3) is 6.36. The summed E-state index contributed by atoms with van der Waals surface area (Å²) in [5, 5.41) is 2.39. The highest BCUT2D eigenvalue weighted by atomic mass is 32.2. The summed E-state index contributed by atoms with van der Waals surface area (Å²) in [7, 11) is -4.02. The minimum Gasteiger partial charge on any atom is -0.493 e. The number of hydrogen-bond donors (Lipinski definition) is 1. The molecule has 0 fully saturated rings. The van der Waals surface area contributed by atoms with Crippen LogP contribution in [0.15, 0.2) is 23.1 Å². The summed E-state index contributed by atoms with van der Waals surface area (Å²) in [6.45, 7) is -0.112. The molecule has 0 saturated heterocycles. The lowest BCUT2D eigenvalue weighted by molar-refractivity contribution is -0.120. The second-order valence-electron chi connectivity index (χ2n) is 5.07. The van der Waals surface area contributed by atoms with Gasteiger partial charge in [-0.25, -0.2) is 16.8 Å². The van der Waals surface area contributed by atoms with Crippen molar-refractivity contribution in [3.63, 3.8) is 0 Å². The van der Waals surface area contributed by atoms with Gasteiger partial charge in [0.25, 0.3) is 0 Å². The van der Waals surface area contributed by atoms with Crippen molar-refractivity contribution >= 4 is 25.6 Å². The maximum absolute atomic E-state index is 12.3. The summed E-state index contributed by atoms with van der Waals surface area (Å²) in [5.41, 5.74) is 0. The number of nitrogens with one attached hydrogen (secondary N) is 1. The lowest BCUT2D eigenvalue weighted by Crippen LogP contribution is -2.30. The highest BCUT2D eigenvalue weighted by Crippen LogP contribution is 2.29. The zero-order chi connectivity index (χ0) is 18.4. The summed E-state index contributed by atoms with van der Waals surface area (Å²) in [4.78, 5) is 11.5. The van der Waals surface area contributed by atoms with Gasteiger partial charge in [0.05, 0.1) is 30.6 Å². The van der Waals surface area contributed by atoms with Crippen molar-refractivity contribution in [2.24, 2.45) is 0 Å². The van der Waals surface area contributed by atoms with E-state index in [-0.39, 0.29) is 35.1 Å². The second kappa shape index (κ2) is 8.34. The van der Waals surface area contributed by atoms with Crippen LogP contribution in [0.2, 0.25) is 0 Å². The van der Waals surface area contributed by atoms with E-state index in [1.165, 1.54) is 32.4 Å². The van der Waals surface area contributed by atoms with Gasteiger partial charge in [0, 0.05) is 25.3 Å². The van der Waals surface area contributed by atoms with Gasteiger partial charge in [-0.2, -0.15) is 0 Å². The van der Waals surface area contributed by atoms with Gasteiger partial charge in [-0.15, -0.1) is 0 Å². The first-order valence-electron chi connectivity index (χ1n) is 6.98. The Labute approximate surface area is 142 Å². The normalized spacial score (nSPS) is 11.8. The number of rotatable bonds is 9. The fraction of sp³-hybridized carbons (Fsp3) is 0.500. The van der Waals surface area contributed by atoms with Gasteiger partial charge in [0.2, 0.25) is 5.91 Å². The Morgan fingerprint density at radius 3 is 2.21 bits per heavy atom. The van der Waals surface area contributed by atoms with E-state index in [1.807, 2.05) is 0 Å². The molecule has 1 N–H and O–H groups in total. The maximum atomic E-state index is 12.3. The molecule has 0 saturated carbocycles. The molecule has 0 aliphatic heterocycles. The van der Waals surface area contributed by atoms with Crippen molar-refractivity contribution in [3.05, 3.63) is 18.2 Å². The van der Waals surface area contributed by atoms with Crippen molar-refractivity contribution in [3.8, 4) is 11.5 Å². The fourth-order valence-electron chi connectivity index (χ4n) is 1.82. The van der Waals surface area contributed by atoms with Crippen molar-refractivity contribution in [1.82, 2.24) is 5.32 Å². The molecular weight excluding hydrogens is 358 g/mol. The van der Waals surface area contributed by atoms with E-state index in [4.69, 9.17) is 9.47 Å². The third-order valence-electron chi connectivity index (χ3n) is 3.11. The molecule has 0 spiro atoms. The number of carbonyl (C=O) groups excluding carboxylic acids is 1. The van der Waals surface area contributed by atoms with Crippen LogP contribution < -0.4 is 14.8 Å². The molecule has 0 heterocycles. The van der Waals surface area contributed by atoms with Crippen LogP contribution in [0.25, 0.3) is 0 Å². The average molecular weight is 379 g/mol. The lowest BCUT2D eigenvalue weighted by atomic mass is 10.3. The Morgan fingerprint density at radius 2 is 1.67 bits per heavy atom. The number of sulfone groups is 2. The van der Waals surface area contributed by atoms with Crippen molar-refractivity contribution in [2.75, 3.05) is 38.5 Å². The molecule has 1 aromatic carbocycles. The molecule has 0 unspecified atom stereocenters. The monoisotopic (exact) mass is 379 g/mol. The number of carbonyl (C=O) groups is 1. The summed E-state index contributed by atoms with van der Waals surface area (Å²) < 4.78 is 56.6. The van der Waals surface area contributed by atoms with E-state index in [0.717, 1.165) is 6.26 Å². The van der Waals surface area contributed by atoms with E-state index in [2.05, 4.69) is 5.32 Å². The SMILES string of the molecule is COc1ccc(S(=O)(=O)CCNC(=O)CCS(C)(=O)=O)cc1OC. The Morgan fingerprint density at radius 1 is 1.04 bits per heavy atom. The molecule has 1 amide bonds. The first kappa shape index (κ1) is 20.2. The van der Waals surface area contributed by atoms with E-state index in [0.29, 0.717) is 5.75 Å². The maximum Gasteiger partial charge on any atom is 0.221 e. The summed E-state index contributed by atoms with van der Waals surface area (Å²) in [5.74, 6) is -0.404. The zero-order valence-corrected chi connectivity index (χ0v) is 15.4. The summed E-state index contributed by atoms with van der Waals surface area (Å²) in [6.07, 6.45) is 0.830. The van der Waals surface area contributed by atoms with E-state index in [9.17, 15) is 21.6 Å². The predicted octanol–water partition coefficient (Wildman–Crippen LogP) is 0.0284. The van der Waals surface area contributed by atoms with Crippen LogP contribution in [-0.2, 0) is 24.5 Å². The molecule has 0 bridgehead atoms. The Bertz CT molecular complexity index is 785. The molecule has 10 heteroatoms. The number of methoxy groups -OCH3 is 2. The number of benzene rings is 1. The largest absolute Gasteiger partial charge is 0.493 e. The number of hydrogen-bond acceptors (Lipinski definition) is 7. The Balaban J connectivity index is 2.66. The Hall–Kier alpha value is -1.81. The van der Waals surface area contributed by atoms with Crippen molar-refractivity contribution in [1.29, 1.82) is 0 Å². The van der Waals surface area contributed by atoms with E-state index in [1.54, 1.807) is 0 Å². The molecule has 0 aliphatic rings. The standard InChI is InChI=1S/C14H21NO7S2/c1-21-12-5-4-11(10-13(12)22-2)24(19,20)9-7-15-14(16)6-8-23(3,17)18/h4-5,10H,6-9H2,1-3H3,(H,15,16).